The highest BCUT2D eigenvalue weighted by molar-refractivity contribution is 5.79. The molecule has 7 rings (SSSR count). The number of rotatable bonds is 9. The van der Waals surface area contributed by atoms with Crippen LogP contribution in [0.1, 0.15) is 25.6 Å². The van der Waals surface area contributed by atoms with Crippen molar-refractivity contribution in [2.24, 2.45) is 0 Å². The number of anilines is 6. The van der Waals surface area contributed by atoms with Crippen molar-refractivity contribution in [1.82, 2.24) is 15.0 Å². The van der Waals surface area contributed by atoms with E-state index in [2.05, 4.69) is 169 Å². The van der Waals surface area contributed by atoms with Crippen molar-refractivity contribution in [1.29, 1.82) is 0 Å². The van der Waals surface area contributed by atoms with Crippen LogP contribution in [0.2, 0.25) is 0 Å². The van der Waals surface area contributed by atoms with Crippen molar-refractivity contribution in [3.8, 4) is 22.8 Å². The summed E-state index contributed by atoms with van der Waals surface area (Å²) in [5.74, 6) is 2.24. The molecular formula is C42H35N5. The molecule has 0 saturated carbocycles. The molecule has 5 heteroatoms. The average molecular weight is 610 g/mol. The Morgan fingerprint density at radius 1 is 0.340 bits per heavy atom. The van der Waals surface area contributed by atoms with E-state index in [0.29, 0.717) is 11.6 Å². The van der Waals surface area contributed by atoms with E-state index in [1.807, 2.05) is 24.3 Å². The van der Waals surface area contributed by atoms with Gasteiger partial charge in [0, 0.05) is 51.2 Å². The minimum Gasteiger partial charge on any atom is -0.311 e. The molecule has 0 radical (unpaired) electrons. The van der Waals surface area contributed by atoms with Crippen LogP contribution in [0.4, 0.5) is 34.1 Å². The lowest BCUT2D eigenvalue weighted by molar-refractivity contribution is 0.766. The predicted molar refractivity (Wildman–Crippen MR) is 194 cm³/mol. The zero-order valence-electron chi connectivity index (χ0n) is 26.5. The van der Waals surface area contributed by atoms with Crippen LogP contribution in [0.3, 0.4) is 0 Å². The molecule has 0 bridgehead atoms. The van der Waals surface area contributed by atoms with Crippen LogP contribution in [0.15, 0.2) is 170 Å². The molecule has 0 atom stereocenters. The first-order chi connectivity index (χ1) is 23.1. The fourth-order valence-electron chi connectivity index (χ4n) is 5.63. The van der Waals surface area contributed by atoms with Crippen molar-refractivity contribution in [3.05, 3.63) is 176 Å². The number of hydrogen-bond acceptors (Lipinski definition) is 5. The van der Waals surface area contributed by atoms with Crippen LogP contribution in [-0.2, 0) is 0 Å². The molecule has 1 heterocycles. The van der Waals surface area contributed by atoms with E-state index >= 15 is 0 Å². The summed E-state index contributed by atoms with van der Waals surface area (Å²) in [4.78, 5) is 19.3. The third-order valence-electron chi connectivity index (χ3n) is 7.99. The number of para-hydroxylation sites is 4. The largest absolute Gasteiger partial charge is 0.311 e. The molecule has 0 amide bonds. The van der Waals surface area contributed by atoms with Crippen LogP contribution in [-0.4, -0.2) is 15.0 Å². The summed E-state index contributed by atoms with van der Waals surface area (Å²) in [5, 5.41) is 0. The normalized spacial score (nSPS) is 11.0. The fraction of sp³-hybridized carbons (Fsp3) is 0.0714. The van der Waals surface area contributed by atoms with Crippen LogP contribution in [0, 0.1) is 0 Å². The summed E-state index contributed by atoms with van der Waals surface area (Å²) in [5.41, 5.74) is 8.38. The molecule has 0 unspecified atom stereocenters. The summed E-state index contributed by atoms with van der Waals surface area (Å²) < 4.78 is 0. The average Bonchev–Trinajstić information content (AvgIpc) is 3.14. The number of benzene rings is 6. The predicted octanol–water partition coefficient (Wildman–Crippen LogP) is 11.3. The Hall–Kier alpha value is -6.07. The molecular weight excluding hydrogens is 574 g/mol. The Balaban J connectivity index is 1.23. The lowest BCUT2D eigenvalue weighted by Crippen LogP contribution is -2.10. The number of nitrogens with zero attached hydrogens (tertiary/aromatic N) is 5. The standard InChI is InChI=1S/C42H35N5/c1-31(2)40-43-41(32-23-27-38(28-24-32)46(34-15-7-3-8-16-34)35-17-9-4-10-18-35)45-42(44-40)33-25-29-39(30-26-33)47(36-19-11-5-12-20-36)37-21-13-6-14-22-37/h3-31H,1-2H3. The zero-order valence-corrected chi connectivity index (χ0v) is 26.5. The molecule has 0 aliphatic rings. The first-order valence-electron chi connectivity index (χ1n) is 15.9. The highest BCUT2D eigenvalue weighted by atomic mass is 15.1. The second-order valence-corrected chi connectivity index (χ2v) is 11.6. The van der Waals surface area contributed by atoms with Gasteiger partial charge in [0.15, 0.2) is 11.6 Å². The summed E-state index contributed by atoms with van der Waals surface area (Å²) in [6.07, 6.45) is 0. The molecule has 0 N–H and O–H groups in total. The summed E-state index contributed by atoms with van der Waals surface area (Å²) in [6.45, 7) is 4.23. The molecule has 0 fully saturated rings. The minimum atomic E-state index is 0.146. The third-order valence-corrected chi connectivity index (χ3v) is 7.99. The maximum absolute atomic E-state index is 4.99. The van der Waals surface area contributed by atoms with Crippen LogP contribution in [0.5, 0.6) is 0 Å². The molecule has 47 heavy (non-hydrogen) atoms. The van der Waals surface area contributed by atoms with E-state index in [1.165, 1.54) is 0 Å². The Morgan fingerprint density at radius 2 is 0.617 bits per heavy atom. The van der Waals surface area contributed by atoms with Gasteiger partial charge < -0.3 is 9.80 Å². The van der Waals surface area contributed by atoms with Gasteiger partial charge in [-0.1, -0.05) is 86.6 Å². The molecule has 1 aromatic heterocycles. The molecule has 7 aromatic rings. The van der Waals surface area contributed by atoms with Crippen LogP contribution < -0.4 is 9.80 Å². The molecule has 0 aliphatic carbocycles. The van der Waals surface area contributed by atoms with E-state index in [1.54, 1.807) is 0 Å². The number of aromatic nitrogens is 3. The highest BCUT2D eigenvalue weighted by Crippen LogP contribution is 2.37. The quantitative estimate of drug-likeness (QED) is 0.163. The van der Waals surface area contributed by atoms with E-state index < -0.39 is 0 Å². The fourth-order valence-corrected chi connectivity index (χ4v) is 5.63. The molecule has 6 aromatic carbocycles. The maximum Gasteiger partial charge on any atom is 0.163 e. The number of hydrogen-bond donors (Lipinski definition) is 0. The van der Waals surface area contributed by atoms with Crippen LogP contribution >= 0.6 is 0 Å². The summed E-state index contributed by atoms with van der Waals surface area (Å²) in [7, 11) is 0. The molecule has 5 nitrogen and oxygen atoms in total. The van der Waals surface area contributed by atoms with E-state index in [-0.39, 0.29) is 5.92 Å². The minimum absolute atomic E-state index is 0.146. The Bertz CT molecular complexity index is 1810. The maximum atomic E-state index is 4.99. The zero-order chi connectivity index (χ0) is 32.0. The van der Waals surface area contributed by atoms with Crippen molar-refractivity contribution < 1.29 is 0 Å². The van der Waals surface area contributed by atoms with Gasteiger partial charge >= 0.3 is 0 Å². The lowest BCUT2D eigenvalue weighted by Gasteiger charge is -2.25. The van der Waals surface area contributed by atoms with E-state index in [9.17, 15) is 0 Å². The van der Waals surface area contributed by atoms with Gasteiger partial charge in [0.05, 0.1) is 0 Å². The van der Waals surface area contributed by atoms with Gasteiger partial charge in [-0.2, -0.15) is 0 Å². The van der Waals surface area contributed by atoms with Gasteiger partial charge in [-0.05, 0) is 97.1 Å². The van der Waals surface area contributed by atoms with E-state index in [0.717, 1.165) is 51.1 Å². The van der Waals surface area contributed by atoms with Crippen LogP contribution in [0.25, 0.3) is 22.8 Å². The summed E-state index contributed by atoms with van der Waals surface area (Å²) in [6, 6.07) is 58.5. The van der Waals surface area contributed by atoms with E-state index in [4.69, 9.17) is 15.0 Å². The van der Waals surface area contributed by atoms with Crippen molar-refractivity contribution in [2.75, 3.05) is 9.80 Å². The third kappa shape index (κ3) is 6.51. The topological polar surface area (TPSA) is 45.2 Å². The van der Waals surface area contributed by atoms with Crippen molar-refractivity contribution >= 4 is 34.1 Å². The van der Waals surface area contributed by atoms with Gasteiger partial charge in [0.2, 0.25) is 0 Å². The lowest BCUT2D eigenvalue weighted by atomic mass is 10.1. The monoisotopic (exact) mass is 609 g/mol. The second-order valence-electron chi connectivity index (χ2n) is 11.6. The first-order valence-corrected chi connectivity index (χ1v) is 15.9. The van der Waals surface area contributed by atoms with Gasteiger partial charge in [0.25, 0.3) is 0 Å². The SMILES string of the molecule is CC(C)c1nc(-c2ccc(N(c3ccccc3)c3ccccc3)cc2)nc(-c2ccc(N(c3ccccc3)c3ccccc3)cc2)n1. The van der Waals surface area contributed by atoms with Gasteiger partial charge in [-0.3, -0.25) is 0 Å². The van der Waals surface area contributed by atoms with Crippen molar-refractivity contribution in [2.45, 2.75) is 19.8 Å². The second kappa shape index (κ2) is 13.5. The molecule has 228 valence electrons. The Kier molecular flexibility index (Phi) is 8.52. The van der Waals surface area contributed by atoms with Gasteiger partial charge in [0.1, 0.15) is 5.82 Å². The molecule has 0 spiro atoms. The summed E-state index contributed by atoms with van der Waals surface area (Å²) >= 11 is 0. The van der Waals surface area contributed by atoms with Crippen molar-refractivity contribution in [3.63, 3.8) is 0 Å². The Morgan fingerprint density at radius 3 is 0.894 bits per heavy atom. The highest BCUT2D eigenvalue weighted by Gasteiger charge is 2.17. The first kappa shape index (κ1) is 29.6. The smallest absolute Gasteiger partial charge is 0.163 e. The molecule has 0 aliphatic heterocycles. The van der Waals surface area contributed by atoms with Gasteiger partial charge in [-0.25, -0.2) is 15.0 Å². The van der Waals surface area contributed by atoms with Gasteiger partial charge in [-0.15, -0.1) is 0 Å². The Labute approximate surface area is 276 Å². The molecule has 0 saturated heterocycles.